The van der Waals surface area contributed by atoms with Crippen molar-refractivity contribution in [2.24, 2.45) is 0 Å². The van der Waals surface area contributed by atoms with Crippen LogP contribution < -0.4 is 0 Å². The van der Waals surface area contributed by atoms with E-state index in [0.29, 0.717) is 26.0 Å². The van der Waals surface area contributed by atoms with Crippen LogP contribution in [-0.4, -0.2) is 59.1 Å². The van der Waals surface area contributed by atoms with Crippen molar-refractivity contribution in [3.05, 3.63) is 35.9 Å². The SMILES string of the molecule is COCC[C@@]1(N(C(=O)OCc2ccccc2)C(C)C)CCCCN1C(=O)O. The fourth-order valence-corrected chi connectivity index (χ4v) is 3.84. The molecule has 2 amide bonds. The zero-order valence-electron chi connectivity index (χ0n) is 16.4. The van der Waals surface area contributed by atoms with E-state index in [9.17, 15) is 14.7 Å². The van der Waals surface area contributed by atoms with Crippen LogP contribution in [0.1, 0.15) is 45.1 Å². The molecule has 1 aliphatic heterocycles. The first-order valence-corrected chi connectivity index (χ1v) is 9.42. The Morgan fingerprint density at radius 1 is 1.26 bits per heavy atom. The largest absolute Gasteiger partial charge is 0.465 e. The number of amides is 2. The van der Waals surface area contributed by atoms with Crippen LogP contribution in [0.15, 0.2) is 30.3 Å². The zero-order valence-corrected chi connectivity index (χ0v) is 16.4. The molecule has 1 atom stereocenters. The van der Waals surface area contributed by atoms with Crippen LogP contribution in [0.25, 0.3) is 0 Å². The molecule has 27 heavy (non-hydrogen) atoms. The molecule has 0 radical (unpaired) electrons. The first kappa shape index (κ1) is 21.0. The van der Waals surface area contributed by atoms with Crippen molar-refractivity contribution < 1.29 is 24.2 Å². The van der Waals surface area contributed by atoms with Gasteiger partial charge in [-0.2, -0.15) is 0 Å². The number of methoxy groups -OCH3 is 1. The maximum Gasteiger partial charge on any atom is 0.412 e. The first-order valence-electron chi connectivity index (χ1n) is 9.42. The molecular formula is C20H30N2O5. The highest BCUT2D eigenvalue weighted by atomic mass is 16.6. The van der Waals surface area contributed by atoms with Crippen molar-refractivity contribution >= 4 is 12.2 Å². The fraction of sp³-hybridized carbons (Fsp3) is 0.600. The molecule has 2 rings (SSSR count). The maximum atomic E-state index is 13.0. The van der Waals surface area contributed by atoms with Gasteiger partial charge in [-0.05, 0) is 38.7 Å². The molecule has 1 aromatic carbocycles. The average molecular weight is 378 g/mol. The zero-order chi connectivity index (χ0) is 19.9. The summed E-state index contributed by atoms with van der Waals surface area (Å²) >= 11 is 0. The lowest BCUT2D eigenvalue weighted by Gasteiger charge is -2.53. The van der Waals surface area contributed by atoms with Crippen molar-refractivity contribution in [2.45, 2.75) is 57.8 Å². The van der Waals surface area contributed by atoms with E-state index in [1.54, 1.807) is 12.0 Å². The average Bonchev–Trinajstić information content (AvgIpc) is 2.65. The van der Waals surface area contributed by atoms with Gasteiger partial charge in [0.05, 0.1) is 6.61 Å². The summed E-state index contributed by atoms with van der Waals surface area (Å²) in [7, 11) is 1.58. The molecule has 1 saturated heterocycles. The third-order valence-electron chi connectivity index (χ3n) is 5.02. The highest BCUT2D eigenvalue weighted by molar-refractivity contribution is 5.72. The second-order valence-electron chi connectivity index (χ2n) is 7.12. The number of hydrogen-bond acceptors (Lipinski definition) is 4. The third-order valence-corrected chi connectivity index (χ3v) is 5.02. The third kappa shape index (κ3) is 4.91. The van der Waals surface area contributed by atoms with Crippen LogP contribution in [0.4, 0.5) is 9.59 Å². The highest BCUT2D eigenvalue weighted by Gasteiger charge is 2.49. The minimum Gasteiger partial charge on any atom is -0.465 e. The minimum atomic E-state index is -1.02. The standard InChI is InChI=1S/C20H30N2O5/c1-16(2)22(19(25)27-15-17-9-5-4-6-10-17)20(12-14-26-3)11-7-8-13-21(20)18(23)24/h4-6,9-10,16H,7-8,11-15H2,1-3H3,(H,23,24)/t20-/m0/s1. The summed E-state index contributed by atoms with van der Waals surface area (Å²) in [6, 6.07) is 9.23. The Bertz CT molecular complexity index is 622. The van der Waals surface area contributed by atoms with Crippen LogP contribution in [-0.2, 0) is 16.1 Å². The van der Waals surface area contributed by atoms with Gasteiger partial charge in [-0.15, -0.1) is 0 Å². The van der Waals surface area contributed by atoms with Gasteiger partial charge >= 0.3 is 12.2 Å². The molecule has 0 saturated carbocycles. The summed E-state index contributed by atoms with van der Waals surface area (Å²) < 4.78 is 10.8. The van der Waals surface area contributed by atoms with Crippen LogP contribution in [0.2, 0.25) is 0 Å². The molecule has 0 aromatic heterocycles. The van der Waals surface area contributed by atoms with E-state index in [0.717, 1.165) is 18.4 Å². The van der Waals surface area contributed by atoms with Crippen molar-refractivity contribution in [2.75, 3.05) is 20.3 Å². The summed E-state index contributed by atoms with van der Waals surface area (Å²) in [5, 5.41) is 9.80. The van der Waals surface area contributed by atoms with E-state index >= 15 is 0 Å². The normalized spacial score (nSPS) is 19.8. The van der Waals surface area contributed by atoms with E-state index in [2.05, 4.69) is 0 Å². The number of benzene rings is 1. The van der Waals surface area contributed by atoms with Crippen LogP contribution >= 0.6 is 0 Å². The summed E-state index contributed by atoms with van der Waals surface area (Å²) in [5.41, 5.74) is -0.0681. The number of carboxylic acid groups (broad SMARTS) is 1. The Kier molecular flexibility index (Phi) is 7.47. The predicted molar refractivity (Wildman–Crippen MR) is 101 cm³/mol. The molecule has 1 aromatic rings. The van der Waals surface area contributed by atoms with E-state index < -0.39 is 17.8 Å². The van der Waals surface area contributed by atoms with E-state index in [4.69, 9.17) is 9.47 Å². The number of hydrogen-bond donors (Lipinski definition) is 1. The van der Waals surface area contributed by atoms with Gasteiger partial charge in [0.1, 0.15) is 12.3 Å². The molecule has 0 bridgehead atoms. The topological polar surface area (TPSA) is 79.3 Å². The quantitative estimate of drug-likeness (QED) is 0.778. The second kappa shape index (κ2) is 9.60. The van der Waals surface area contributed by atoms with Gasteiger partial charge in [0.25, 0.3) is 0 Å². The first-order chi connectivity index (χ1) is 12.9. The lowest BCUT2D eigenvalue weighted by Crippen LogP contribution is -2.67. The lowest BCUT2D eigenvalue weighted by atomic mass is 9.89. The molecule has 0 unspecified atom stereocenters. The molecule has 150 valence electrons. The van der Waals surface area contributed by atoms with Crippen LogP contribution in [0.3, 0.4) is 0 Å². The van der Waals surface area contributed by atoms with Gasteiger partial charge in [-0.1, -0.05) is 30.3 Å². The van der Waals surface area contributed by atoms with Gasteiger partial charge in [-0.25, -0.2) is 9.59 Å². The van der Waals surface area contributed by atoms with E-state index in [-0.39, 0.29) is 12.6 Å². The van der Waals surface area contributed by atoms with Crippen molar-refractivity contribution in [1.82, 2.24) is 9.80 Å². The van der Waals surface area contributed by atoms with Crippen molar-refractivity contribution in [1.29, 1.82) is 0 Å². The number of nitrogens with zero attached hydrogens (tertiary/aromatic N) is 2. The monoisotopic (exact) mass is 378 g/mol. The molecule has 1 aliphatic rings. The van der Waals surface area contributed by atoms with E-state index in [1.807, 2.05) is 44.2 Å². The maximum absolute atomic E-state index is 13.0. The molecule has 0 aliphatic carbocycles. The highest BCUT2D eigenvalue weighted by Crippen LogP contribution is 2.37. The molecule has 0 spiro atoms. The molecule has 1 heterocycles. The molecule has 7 nitrogen and oxygen atoms in total. The lowest BCUT2D eigenvalue weighted by molar-refractivity contribution is -0.0886. The van der Waals surface area contributed by atoms with Gasteiger partial charge in [-0.3, -0.25) is 9.80 Å². The Hall–Kier alpha value is -2.28. The Labute approximate surface area is 160 Å². The summed E-state index contributed by atoms with van der Waals surface area (Å²) in [6.07, 6.45) is 1.09. The Morgan fingerprint density at radius 2 is 1.96 bits per heavy atom. The molecule has 7 heteroatoms. The van der Waals surface area contributed by atoms with Gasteiger partial charge in [0, 0.05) is 26.1 Å². The summed E-state index contributed by atoms with van der Waals surface area (Å²) in [5.74, 6) is 0. The van der Waals surface area contributed by atoms with E-state index in [1.165, 1.54) is 4.90 Å². The van der Waals surface area contributed by atoms with Crippen LogP contribution in [0, 0.1) is 0 Å². The number of carbonyl (C=O) groups is 2. The van der Waals surface area contributed by atoms with Gasteiger partial charge < -0.3 is 14.6 Å². The number of carbonyl (C=O) groups excluding carboxylic acids is 1. The van der Waals surface area contributed by atoms with Crippen molar-refractivity contribution in [3.63, 3.8) is 0 Å². The molecule has 1 N–H and O–H groups in total. The number of piperidine rings is 1. The predicted octanol–water partition coefficient (Wildman–Crippen LogP) is 3.93. The summed E-state index contributed by atoms with van der Waals surface area (Å²) in [6.45, 7) is 4.67. The number of ether oxygens (including phenoxy) is 2. The summed E-state index contributed by atoms with van der Waals surface area (Å²) in [4.78, 5) is 28.0. The van der Waals surface area contributed by atoms with Crippen LogP contribution in [0.5, 0.6) is 0 Å². The minimum absolute atomic E-state index is 0.149. The smallest absolute Gasteiger partial charge is 0.412 e. The Morgan fingerprint density at radius 3 is 2.56 bits per heavy atom. The molecular weight excluding hydrogens is 348 g/mol. The number of likely N-dealkylation sites (tertiary alicyclic amines) is 1. The Balaban J connectivity index is 2.29. The van der Waals surface area contributed by atoms with Gasteiger partial charge in [0.2, 0.25) is 0 Å². The molecule has 1 fully saturated rings. The number of rotatable bonds is 7. The second-order valence-corrected chi connectivity index (χ2v) is 7.12. The fourth-order valence-electron chi connectivity index (χ4n) is 3.84. The van der Waals surface area contributed by atoms with Crippen molar-refractivity contribution in [3.8, 4) is 0 Å². The van der Waals surface area contributed by atoms with Gasteiger partial charge in [0.15, 0.2) is 0 Å².